The van der Waals surface area contributed by atoms with Crippen LogP contribution >= 0.6 is 11.6 Å². The van der Waals surface area contributed by atoms with Crippen LogP contribution in [0.5, 0.6) is 0 Å². The van der Waals surface area contributed by atoms with Crippen molar-refractivity contribution in [3.63, 3.8) is 0 Å². The molecule has 0 radical (unpaired) electrons. The molecule has 1 heterocycles. The first kappa shape index (κ1) is 23.1. The Kier molecular flexibility index (Phi) is 8.32. The third-order valence-electron chi connectivity index (χ3n) is 5.64. The maximum atomic E-state index is 13.0. The first-order valence-electron chi connectivity index (χ1n) is 11.0. The quantitative estimate of drug-likeness (QED) is 0.608. The maximum Gasteiger partial charge on any atom is 0.255 e. The number of carbonyl (C=O) groups is 2. The number of anilines is 2. The molecule has 2 aromatic carbocycles. The van der Waals surface area contributed by atoms with E-state index in [1.807, 2.05) is 12.1 Å². The SMILES string of the molecule is CCN(CC)CCNC(=O)c1cc(NC(=O)c2cccc(Cl)c2)ccc1N1CCCC1. The predicted molar refractivity (Wildman–Crippen MR) is 127 cm³/mol. The number of carbonyl (C=O) groups excluding carboxylic acids is 2. The molecule has 1 fully saturated rings. The minimum absolute atomic E-state index is 0.118. The van der Waals surface area contributed by atoms with E-state index in [1.165, 1.54) is 0 Å². The molecular weight excluding hydrogens is 412 g/mol. The first-order valence-corrected chi connectivity index (χ1v) is 11.4. The summed E-state index contributed by atoms with van der Waals surface area (Å²) < 4.78 is 0. The largest absolute Gasteiger partial charge is 0.371 e. The monoisotopic (exact) mass is 442 g/mol. The van der Waals surface area contributed by atoms with Crippen molar-refractivity contribution in [2.75, 3.05) is 49.5 Å². The van der Waals surface area contributed by atoms with Gasteiger partial charge in [0, 0.05) is 48.1 Å². The fourth-order valence-electron chi connectivity index (χ4n) is 3.83. The van der Waals surface area contributed by atoms with Gasteiger partial charge in [-0.2, -0.15) is 0 Å². The smallest absolute Gasteiger partial charge is 0.255 e. The fourth-order valence-corrected chi connectivity index (χ4v) is 4.02. The second-order valence-electron chi connectivity index (χ2n) is 7.67. The van der Waals surface area contributed by atoms with Gasteiger partial charge in [-0.25, -0.2) is 0 Å². The number of hydrogen-bond donors (Lipinski definition) is 2. The minimum atomic E-state index is -0.260. The Balaban J connectivity index is 1.77. The Labute approximate surface area is 189 Å². The van der Waals surface area contributed by atoms with Crippen LogP contribution in [0.15, 0.2) is 42.5 Å². The number of nitrogens with zero attached hydrogens (tertiary/aromatic N) is 2. The van der Waals surface area contributed by atoms with Gasteiger partial charge in [0.2, 0.25) is 0 Å². The highest BCUT2D eigenvalue weighted by molar-refractivity contribution is 6.31. The van der Waals surface area contributed by atoms with Crippen LogP contribution in [-0.4, -0.2) is 56.0 Å². The molecule has 0 atom stereocenters. The number of nitrogens with one attached hydrogen (secondary N) is 2. The lowest BCUT2D eigenvalue weighted by Gasteiger charge is -2.23. The third-order valence-corrected chi connectivity index (χ3v) is 5.88. The average molecular weight is 443 g/mol. The van der Waals surface area contributed by atoms with Crippen molar-refractivity contribution in [1.29, 1.82) is 0 Å². The van der Waals surface area contributed by atoms with Crippen molar-refractivity contribution in [3.05, 3.63) is 58.6 Å². The van der Waals surface area contributed by atoms with E-state index >= 15 is 0 Å². The summed E-state index contributed by atoms with van der Waals surface area (Å²) in [6.45, 7) is 9.41. The molecule has 2 aromatic rings. The second kappa shape index (κ2) is 11.2. The van der Waals surface area contributed by atoms with E-state index in [9.17, 15) is 9.59 Å². The summed E-state index contributed by atoms with van der Waals surface area (Å²) in [4.78, 5) is 30.2. The van der Waals surface area contributed by atoms with E-state index in [0.717, 1.165) is 51.3 Å². The normalized spacial score (nSPS) is 13.5. The van der Waals surface area contributed by atoms with E-state index in [1.54, 1.807) is 30.3 Å². The van der Waals surface area contributed by atoms with Gasteiger partial charge in [0.05, 0.1) is 5.56 Å². The maximum absolute atomic E-state index is 13.0. The lowest BCUT2D eigenvalue weighted by Crippen LogP contribution is -2.35. The molecule has 0 unspecified atom stereocenters. The van der Waals surface area contributed by atoms with Crippen LogP contribution in [0.2, 0.25) is 5.02 Å². The summed E-state index contributed by atoms with van der Waals surface area (Å²) >= 11 is 6.00. The highest BCUT2D eigenvalue weighted by Crippen LogP contribution is 2.28. The molecule has 2 amide bonds. The molecule has 1 saturated heterocycles. The van der Waals surface area contributed by atoms with Crippen molar-refractivity contribution < 1.29 is 9.59 Å². The summed E-state index contributed by atoms with van der Waals surface area (Å²) in [5.74, 6) is -0.378. The second-order valence-corrected chi connectivity index (χ2v) is 8.11. The van der Waals surface area contributed by atoms with E-state index in [-0.39, 0.29) is 11.8 Å². The molecule has 2 N–H and O–H groups in total. The molecule has 166 valence electrons. The van der Waals surface area contributed by atoms with Gasteiger partial charge in [-0.05, 0) is 62.3 Å². The van der Waals surface area contributed by atoms with E-state index in [4.69, 9.17) is 11.6 Å². The number of amides is 2. The predicted octanol–water partition coefficient (Wildman–Crippen LogP) is 4.26. The number of benzene rings is 2. The van der Waals surface area contributed by atoms with E-state index in [2.05, 4.69) is 34.3 Å². The van der Waals surface area contributed by atoms with Gasteiger partial charge in [0.25, 0.3) is 11.8 Å². The fraction of sp³-hybridized carbons (Fsp3) is 0.417. The highest BCUT2D eigenvalue weighted by Gasteiger charge is 2.20. The van der Waals surface area contributed by atoms with Gasteiger partial charge in [-0.3, -0.25) is 9.59 Å². The Hall–Kier alpha value is -2.57. The van der Waals surface area contributed by atoms with Crippen LogP contribution in [0.1, 0.15) is 47.4 Å². The lowest BCUT2D eigenvalue weighted by molar-refractivity contribution is 0.0948. The van der Waals surface area contributed by atoms with Gasteiger partial charge in [0.1, 0.15) is 0 Å². The van der Waals surface area contributed by atoms with Crippen LogP contribution < -0.4 is 15.5 Å². The van der Waals surface area contributed by atoms with Gasteiger partial charge in [-0.1, -0.05) is 31.5 Å². The molecule has 0 saturated carbocycles. The van der Waals surface area contributed by atoms with Crippen molar-refractivity contribution in [2.45, 2.75) is 26.7 Å². The Morgan fingerprint density at radius 2 is 1.77 bits per heavy atom. The van der Waals surface area contributed by atoms with Gasteiger partial charge in [0.15, 0.2) is 0 Å². The van der Waals surface area contributed by atoms with Crippen LogP contribution in [0.3, 0.4) is 0 Å². The molecule has 0 spiro atoms. The first-order chi connectivity index (χ1) is 15.0. The van der Waals surface area contributed by atoms with Crippen LogP contribution in [0.25, 0.3) is 0 Å². The zero-order chi connectivity index (χ0) is 22.2. The molecule has 31 heavy (non-hydrogen) atoms. The van der Waals surface area contributed by atoms with Gasteiger partial charge in [-0.15, -0.1) is 0 Å². The molecule has 7 heteroatoms. The van der Waals surface area contributed by atoms with Crippen molar-refractivity contribution in [3.8, 4) is 0 Å². The van der Waals surface area contributed by atoms with E-state index in [0.29, 0.717) is 28.4 Å². The van der Waals surface area contributed by atoms with Crippen LogP contribution in [0.4, 0.5) is 11.4 Å². The summed E-state index contributed by atoms with van der Waals surface area (Å²) in [6.07, 6.45) is 2.24. The number of rotatable bonds is 9. The molecule has 1 aliphatic heterocycles. The molecule has 1 aliphatic rings. The van der Waals surface area contributed by atoms with E-state index < -0.39 is 0 Å². The van der Waals surface area contributed by atoms with Crippen molar-refractivity contribution >= 4 is 34.8 Å². The molecule has 0 aliphatic carbocycles. The average Bonchev–Trinajstić information content (AvgIpc) is 3.31. The third kappa shape index (κ3) is 6.21. The minimum Gasteiger partial charge on any atom is -0.371 e. The van der Waals surface area contributed by atoms with Gasteiger partial charge >= 0.3 is 0 Å². The summed E-state index contributed by atoms with van der Waals surface area (Å²) in [7, 11) is 0. The zero-order valence-corrected chi connectivity index (χ0v) is 19.0. The zero-order valence-electron chi connectivity index (χ0n) is 18.3. The number of likely N-dealkylation sites (N-methyl/N-ethyl adjacent to an activating group) is 1. The molecule has 0 bridgehead atoms. The van der Waals surface area contributed by atoms with Crippen LogP contribution in [0, 0.1) is 0 Å². The Morgan fingerprint density at radius 1 is 1.03 bits per heavy atom. The summed E-state index contributed by atoms with van der Waals surface area (Å²) in [5, 5.41) is 6.44. The number of halogens is 1. The molecule has 0 aromatic heterocycles. The van der Waals surface area contributed by atoms with Crippen molar-refractivity contribution in [2.24, 2.45) is 0 Å². The topological polar surface area (TPSA) is 64.7 Å². The molecular formula is C24H31ClN4O2. The summed E-state index contributed by atoms with van der Waals surface area (Å²) in [5.41, 5.74) is 2.56. The lowest BCUT2D eigenvalue weighted by atomic mass is 10.1. The standard InChI is InChI=1S/C24H31ClN4O2/c1-3-28(4-2)15-12-26-24(31)21-17-20(10-11-22(21)29-13-5-6-14-29)27-23(30)18-8-7-9-19(25)16-18/h7-11,16-17H,3-6,12-15H2,1-2H3,(H,26,31)(H,27,30). The van der Waals surface area contributed by atoms with Crippen molar-refractivity contribution in [1.82, 2.24) is 10.2 Å². The Morgan fingerprint density at radius 3 is 2.45 bits per heavy atom. The summed E-state index contributed by atoms with van der Waals surface area (Å²) in [6, 6.07) is 12.3. The molecule has 3 rings (SSSR count). The van der Waals surface area contributed by atoms with Crippen LogP contribution in [-0.2, 0) is 0 Å². The molecule has 6 nitrogen and oxygen atoms in total. The highest BCUT2D eigenvalue weighted by atomic mass is 35.5. The number of hydrogen-bond acceptors (Lipinski definition) is 4. The van der Waals surface area contributed by atoms with Gasteiger partial charge < -0.3 is 20.4 Å². The Bertz CT molecular complexity index is 908.